The number of aromatic carboxylic acids is 1. The topological polar surface area (TPSA) is 97.5 Å². The van der Waals surface area contributed by atoms with Crippen LogP contribution in [0.25, 0.3) is 0 Å². The van der Waals surface area contributed by atoms with E-state index in [9.17, 15) is 4.79 Å². The molecule has 1 heterocycles. The Morgan fingerprint density at radius 3 is 2.70 bits per heavy atom. The monoisotopic (exact) mass is 273 g/mol. The first kappa shape index (κ1) is 13.7. The number of carboxylic acids is 1. The Labute approximate surface area is 116 Å². The molecule has 0 radical (unpaired) electrons. The molecule has 0 atom stereocenters. The van der Waals surface area contributed by atoms with E-state index in [1.54, 1.807) is 0 Å². The number of aromatic nitrogens is 1. The van der Waals surface area contributed by atoms with Gasteiger partial charge >= 0.3 is 5.97 Å². The lowest BCUT2D eigenvalue weighted by Gasteiger charge is -2.10. The van der Waals surface area contributed by atoms with Gasteiger partial charge in [-0.25, -0.2) is 9.78 Å². The number of para-hydroxylation sites is 1. The van der Waals surface area contributed by atoms with Crippen LogP contribution in [0.2, 0.25) is 0 Å². The van der Waals surface area contributed by atoms with Crippen LogP contribution in [0.4, 0.5) is 11.5 Å². The summed E-state index contributed by atoms with van der Waals surface area (Å²) in [7, 11) is 0. The number of carboxylic acid groups (broad SMARTS) is 1. The van der Waals surface area contributed by atoms with Crippen LogP contribution in [0.5, 0.6) is 5.75 Å². The van der Waals surface area contributed by atoms with Crippen LogP contribution in [-0.2, 0) is 0 Å². The molecule has 6 heteroatoms. The number of benzene rings is 1. The summed E-state index contributed by atoms with van der Waals surface area (Å²) in [6, 6.07) is 12.3. The van der Waals surface area contributed by atoms with Crippen LogP contribution < -0.4 is 15.8 Å². The number of hydrogen-bond acceptors (Lipinski definition) is 5. The van der Waals surface area contributed by atoms with E-state index < -0.39 is 5.97 Å². The van der Waals surface area contributed by atoms with Gasteiger partial charge in [0.05, 0.1) is 12.2 Å². The van der Waals surface area contributed by atoms with Gasteiger partial charge in [0.2, 0.25) is 0 Å². The molecule has 0 unspecified atom stereocenters. The molecule has 0 aliphatic heterocycles. The van der Waals surface area contributed by atoms with E-state index in [1.807, 2.05) is 30.3 Å². The minimum atomic E-state index is -1.09. The van der Waals surface area contributed by atoms with E-state index in [0.717, 1.165) is 5.75 Å². The van der Waals surface area contributed by atoms with Crippen molar-refractivity contribution in [2.45, 2.75) is 0 Å². The van der Waals surface area contributed by atoms with E-state index in [-0.39, 0.29) is 5.69 Å². The van der Waals surface area contributed by atoms with E-state index >= 15 is 0 Å². The standard InChI is InChI=1S/C14H15N3O3/c15-11-6-7-12(14(18)19)17-13(11)16-8-9-20-10-4-2-1-3-5-10/h1-7H,8-9,15H2,(H,16,17)(H,18,19). The molecule has 1 aromatic heterocycles. The molecule has 4 N–H and O–H groups in total. The fourth-order valence-corrected chi connectivity index (χ4v) is 1.59. The van der Waals surface area contributed by atoms with Crippen molar-refractivity contribution in [3.63, 3.8) is 0 Å². The van der Waals surface area contributed by atoms with Crippen LogP contribution in [0, 0.1) is 0 Å². The minimum Gasteiger partial charge on any atom is -0.492 e. The predicted octanol–water partition coefficient (Wildman–Crippen LogP) is 1.85. The molecular formula is C14H15N3O3. The van der Waals surface area contributed by atoms with Gasteiger partial charge in [0.25, 0.3) is 0 Å². The van der Waals surface area contributed by atoms with E-state index in [1.165, 1.54) is 12.1 Å². The van der Waals surface area contributed by atoms with Crippen molar-refractivity contribution in [1.82, 2.24) is 4.98 Å². The Kier molecular flexibility index (Phi) is 4.39. The Hall–Kier alpha value is -2.76. The molecule has 2 rings (SSSR count). The summed E-state index contributed by atoms with van der Waals surface area (Å²) in [4.78, 5) is 14.7. The van der Waals surface area contributed by atoms with Crippen molar-refractivity contribution in [2.24, 2.45) is 0 Å². The fraction of sp³-hybridized carbons (Fsp3) is 0.143. The van der Waals surface area contributed by atoms with Crippen molar-refractivity contribution >= 4 is 17.5 Å². The molecule has 0 spiro atoms. The van der Waals surface area contributed by atoms with Gasteiger partial charge in [-0.15, -0.1) is 0 Å². The van der Waals surface area contributed by atoms with Gasteiger partial charge in [0.15, 0.2) is 5.69 Å². The summed E-state index contributed by atoms with van der Waals surface area (Å²) in [5.74, 6) is 0.0321. The number of nitrogens with zero attached hydrogens (tertiary/aromatic N) is 1. The molecular weight excluding hydrogens is 258 g/mol. The number of nitrogens with two attached hydrogens (primary N) is 1. The second kappa shape index (κ2) is 6.42. The Bertz CT molecular complexity index is 587. The second-order valence-corrected chi connectivity index (χ2v) is 4.03. The maximum absolute atomic E-state index is 10.8. The molecule has 0 aliphatic carbocycles. The number of nitrogens with one attached hydrogen (secondary N) is 1. The summed E-state index contributed by atoms with van der Waals surface area (Å²) in [5, 5.41) is 11.8. The molecule has 2 aromatic rings. The molecule has 0 amide bonds. The average molecular weight is 273 g/mol. The molecule has 0 fully saturated rings. The molecule has 1 aromatic carbocycles. The largest absolute Gasteiger partial charge is 0.492 e. The van der Waals surface area contributed by atoms with Crippen molar-refractivity contribution in [2.75, 3.05) is 24.2 Å². The van der Waals surface area contributed by atoms with Gasteiger partial charge in [0.1, 0.15) is 18.2 Å². The lowest BCUT2D eigenvalue weighted by atomic mass is 10.3. The normalized spacial score (nSPS) is 10.0. The van der Waals surface area contributed by atoms with Gasteiger partial charge in [-0.3, -0.25) is 0 Å². The third kappa shape index (κ3) is 3.61. The summed E-state index contributed by atoms with van der Waals surface area (Å²) in [6.45, 7) is 0.887. The number of rotatable bonds is 6. The number of pyridine rings is 1. The first-order valence-electron chi connectivity index (χ1n) is 6.08. The average Bonchev–Trinajstić information content (AvgIpc) is 2.46. The number of hydrogen-bond donors (Lipinski definition) is 3. The zero-order valence-corrected chi connectivity index (χ0v) is 10.7. The lowest BCUT2D eigenvalue weighted by Crippen LogP contribution is -2.14. The molecule has 6 nitrogen and oxygen atoms in total. The van der Waals surface area contributed by atoms with Gasteiger partial charge in [-0.1, -0.05) is 18.2 Å². The summed E-state index contributed by atoms with van der Waals surface area (Å²) in [5.41, 5.74) is 6.07. The molecule has 0 bridgehead atoms. The smallest absolute Gasteiger partial charge is 0.354 e. The van der Waals surface area contributed by atoms with Crippen LogP contribution in [0.3, 0.4) is 0 Å². The third-order valence-electron chi connectivity index (χ3n) is 2.55. The van der Waals surface area contributed by atoms with Crippen LogP contribution in [0.15, 0.2) is 42.5 Å². The Morgan fingerprint density at radius 1 is 1.25 bits per heavy atom. The predicted molar refractivity (Wildman–Crippen MR) is 76.0 cm³/mol. The van der Waals surface area contributed by atoms with Gasteiger partial charge < -0.3 is 20.9 Å². The highest BCUT2D eigenvalue weighted by Gasteiger charge is 2.08. The Balaban J connectivity index is 1.88. The Morgan fingerprint density at radius 2 is 2.00 bits per heavy atom. The van der Waals surface area contributed by atoms with E-state index in [4.69, 9.17) is 15.6 Å². The van der Waals surface area contributed by atoms with Crippen molar-refractivity contribution in [3.8, 4) is 5.75 Å². The first-order chi connectivity index (χ1) is 9.66. The highest BCUT2D eigenvalue weighted by atomic mass is 16.5. The van der Waals surface area contributed by atoms with Crippen LogP contribution >= 0.6 is 0 Å². The first-order valence-corrected chi connectivity index (χ1v) is 6.08. The SMILES string of the molecule is Nc1ccc(C(=O)O)nc1NCCOc1ccccc1. The number of ether oxygens (including phenoxy) is 1. The van der Waals surface area contributed by atoms with Crippen LogP contribution in [0.1, 0.15) is 10.5 Å². The molecule has 104 valence electrons. The van der Waals surface area contributed by atoms with Gasteiger partial charge in [0, 0.05) is 0 Å². The fourth-order valence-electron chi connectivity index (χ4n) is 1.59. The number of nitrogen functional groups attached to an aromatic ring is 1. The molecule has 0 saturated heterocycles. The number of anilines is 2. The molecule has 0 saturated carbocycles. The zero-order valence-electron chi connectivity index (χ0n) is 10.7. The highest BCUT2D eigenvalue weighted by Crippen LogP contribution is 2.15. The maximum atomic E-state index is 10.8. The van der Waals surface area contributed by atoms with E-state index in [2.05, 4.69) is 10.3 Å². The summed E-state index contributed by atoms with van der Waals surface area (Å²) in [6.07, 6.45) is 0. The molecule has 20 heavy (non-hydrogen) atoms. The van der Waals surface area contributed by atoms with E-state index in [0.29, 0.717) is 24.7 Å². The van der Waals surface area contributed by atoms with Crippen molar-refractivity contribution in [1.29, 1.82) is 0 Å². The highest BCUT2D eigenvalue weighted by molar-refractivity contribution is 5.86. The minimum absolute atomic E-state index is 0.0503. The maximum Gasteiger partial charge on any atom is 0.354 e. The zero-order chi connectivity index (χ0) is 14.4. The van der Waals surface area contributed by atoms with Crippen LogP contribution in [-0.4, -0.2) is 29.2 Å². The van der Waals surface area contributed by atoms with Crippen molar-refractivity contribution < 1.29 is 14.6 Å². The van der Waals surface area contributed by atoms with Crippen molar-refractivity contribution in [3.05, 3.63) is 48.2 Å². The number of carbonyl (C=O) groups is 1. The van der Waals surface area contributed by atoms with Gasteiger partial charge in [-0.05, 0) is 24.3 Å². The van der Waals surface area contributed by atoms with Gasteiger partial charge in [-0.2, -0.15) is 0 Å². The third-order valence-corrected chi connectivity index (χ3v) is 2.55. The summed E-state index contributed by atoms with van der Waals surface area (Å²) < 4.78 is 5.50. The molecule has 0 aliphatic rings. The lowest BCUT2D eigenvalue weighted by molar-refractivity contribution is 0.0690. The quantitative estimate of drug-likeness (QED) is 0.695. The second-order valence-electron chi connectivity index (χ2n) is 4.03. The summed E-state index contributed by atoms with van der Waals surface area (Å²) >= 11 is 0.